The Morgan fingerprint density at radius 1 is 1.35 bits per heavy atom. The fraction of sp³-hybridized carbons (Fsp3) is 0.700. The molecule has 7 nitrogen and oxygen atoms in total. The van der Waals surface area contributed by atoms with Crippen molar-refractivity contribution >= 4 is 17.8 Å². The average molecular weight is 300 g/mol. The predicted molar refractivity (Wildman–Crippen MR) is 59.5 cm³/mol. The average Bonchev–Trinajstić information content (AvgIpc) is 2.31. The number of alkyl halides is 3. The van der Waals surface area contributed by atoms with Crippen LogP contribution in [0.2, 0.25) is 0 Å². The zero-order valence-corrected chi connectivity index (χ0v) is 10.8. The number of hydrogen-bond acceptors (Lipinski definition) is 5. The van der Waals surface area contributed by atoms with Crippen molar-refractivity contribution in [3.63, 3.8) is 0 Å². The van der Waals surface area contributed by atoms with E-state index in [-0.39, 0.29) is 6.42 Å². The van der Waals surface area contributed by atoms with Crippen LogP contribution in [-0.2, 0) is 19.1 Å². The van der Waals surface area contributed by atoms with Crippen molar-refractivity contribution in [2.24, 2.45) is 5.73 Å². The number of carbonyl (C=O) groups excluding carboxylic acids is 2. The largest absolute Gasteiger partial charge is 0.480 e. The van der Waals surface area contributed by atoms with E-state index in [0.717, 1.165) is 7.11 Å². The first kappa shape index (κ1) is 18.2. The molecular formula is C10H15F3N2O5. The van der Waals surface area contributed by atoms with Crippen molar-refractivity contribution in [2.75, 3.05) is 7.11 Å². The van der Waals surface area contributed by atoms with Gasteiger partial charge in [0.2, 0.25) is 5.91 Å². The van der Waals surface area contributed by atoms with E-state index >= 15 is 0 Å². The summed E-state index contributed by atoms with van der Waals surface area (Å²) >= 11 is 0. The van der Waals surface area contributed by atoms with E-state index in [1.807, 2.05) is 0 Å². The lowest BCUT2D eigenvalue weighted by molar-refractivity contribution is -0.188. The number of ether oxygens (including phenoxy) is 1. The van der Waals surface area contributed by atoms with E-state index in [1.54, 1.807) is 5.32 Å². The van der Waals surface area contributed by atoms with Gasteiger partial charge in [0.25, 0.3) is 0 Å². The molecule has 0 aliphatic heterocycles. The third-order valence-electron chi connectivity index (χ3n) is 2.53. The summed E-state index contributed by atoms with van der Waals surface area (Å²) in [6.45, 7) is 0.418. The van der Waals surface area contributed by atoms with Crippen molar-refractivity contribution in [3.05, 3.63) is 0 Å². The number of carboxylic acids is 1. The van der Waals surface area contributed by atoms with E-state index in [0.29, 0.717) is 6.92 Å². The third-order valence-corrected chi connectivity index (χ3v) is 2.53. The van der Waals surface area contributed by atoms with Gasteiger partial charge in [0.05, 0.1) is 7.11 Å². The molecule has 1 amide bonds. The molecule has 0 aromatic rings. The van der Waals surface area contributed by atoms with Crippen molar-refractivity contribution in [2.45, 2.75) is 37.5 Å². The normalized spacial score (nSPS) is 15.9. The molecule has 0 saturated carbocycles. The Balaban J connectivity index is 4.81. The molecule has 116 valence electrons. The molecule has 0 spiro atoms. The van der Waals surface area contributed by atoms with Gasteiger partial charge in [-0.2, -0.15) is 13.2 Å². The summed E-state index contributed by atoms with van der Waals surface area (Å²) in [6.07, 6.45) is -5.83. The summed E-state index contributed by atoms with van der Waals surface area (Å²) in [4.78, 5) is 33.1. The summed E-state index contributed by atoms with van der Waals surface area (Å²) in [7, 11) is 1.07. The van der Waals surface area contributed by atoms with E-state index in [1.165, 1.54) is 0 Å². The molecule has 0 saturated heterocycles. The zero-order chi connectivity index (χ0) is 16.1. The van der Waals surface area contributed by atoms with Crippen LogP contribution in [0, 0.1) is 0 Å². The molecule has 10 heteroatoms. The standard InChI is InChI=1S/C10H15F3N2O5/c1-9(14,10(11,12)13)8(19)15-5(7(17)18)3-4-6(16)20-2/h5H,3-4,14H2,1-2H3,(H,15,19)(H,17,18)/t5-,9?/m1/s1. The number of nitrogens with one attached hydrogen (secondary N) is 1. The molecule has 2 atom stereocenters. The second-order valence-corrected chi connectivity index (χ2v) is 4.18. The van der Waals surface area contributed by atoms with Crippen LogP contribution in [-0.4, -0.2) is 47.8 Å². The molecule has 0 heterocycles. The maximum Gasteiger partial charge on any atom is 0.415 e. The highest BCUT2D eigenvalue weighted by Crippen LogP contribution is 2.28. The van der Waals surface area contributed by atoms with Crippen molar-refractivity contribution in [3.8, 4) is 0 Å². The lowest BCUT2D eigenvalue weighted by atomic mass is 10.0. The van der Waals surface area contributed by atoms with E-state index in [4.69, 9.17) is 10.8 Å². The van der Waals surface area contributed by atoms with Gasteiger partial charge in [0, 0.05) is 6.42 Å². The Labute approximate surface area is 112 Å². The van der Waals surface area contributed by atoms with Crippen LogP contribution in [0.25, 0.3) is 0 Å². The fourth-order valence-electron chi connectivity index (χ4n) is 1.06. The molecule has 0 aliphatic rings. The SMILES string of the molecule is COC(=O)CC[C@@H](NC(=O)C(C)(N)C(F)(F)F)C(=O)O. The molecule has 0 aromatic heterocycles. The molecule has 1 unspecified atom stereocenters. The first-order valence-corrected chi connectivity index (χ1v) is 5.39. The minimum Gasteiger partial charge on any atom is -0.480 e. The van der Waals surface area contributed by atoms with Crippen LogP contribution >= 0.6 is 0 Å². The number of aliphatic carboxylic acids is 1. The summed E-state index contributed by atoms with van der Waals surface area (Å²) in [5.41, 5.74) is 1.62. The number of hydrogen-bond donors (Lipinski definition) is 3. The van der Waals surface area contributed by atoms with Gasteiger partial charge < -0.3 is 20.9 Å². The molecule has 0 fully saturated rings. The topological polar surface area (TPSA) is 119 Å². The van der Waals surface area contributed by atoms with Gasteiger partial charge in [-0.05, 0) is 13.3 Å². The van der Waals surface area contributed by atoms with Crippen LogP contribution in [0.5, 0.6) is 0 Å². The Kier molecular flexibility index (Phi) is 5.95. The number of carbonyl (C=O) groups is 3. The van der Waals surface area contributed by atoms with Gasteiger partial charge in [-0.25, -0.2) is 4.79 Å². The monoisotopic (exact) mass is 300 g/mol. The van der Waals surface area contributed by atoms with E-state index in [9.17, 15) is 27.6 Å². The van der Waals surface area contributed by atoms with Crippen LogP contribution in [0.4, 0.5) is 13.2 Å². The minimum atomic E-state index is -5.04. The van der Waals surface area contributed by atoms with Crippen LogP contribution in [0.15, 0.2) is 0 Å². The molecule has 0 bridgehead atoms. The third kappa shape index (κ3) is 4.68. The Morgan fingerprint density at radius 3 is 2.20 bits per heavy atom. The lowest BCUT2D eigenvalue weighted by Crippen LogP contribution is -2.63. The van der Waals surface area contributed by atoms with E-state index in [2.05, 4.69) is 4.74 Å². The minimum absolute atomic E-state index is 0.374. The van der Waals surface area contributed by atoms with Crippen LogP contribution < -0.4 is 11.1 Å². The highest BCUT2D eigenvalue weighted by molar-refractivity contribution is 5.90. The van der Waals surface area contributed by atoms with Crippen LogP contribution in [0.1, 0.15) is 19.8 Å². The first-order chi connectivity index (χ1) is 8.93. The summed E-state index contributed by atoms with van der Waals surface area (Å²) in [5.74, 6) is -4.03. The van der Waals surface area contributed by atoms with Crippen molar-refractivity contribution in [1.82, 2.24) is 5.32 Å². The highest BCUT2D eigenvalue weighted by Gasteiger charge is 2.54. The van der Waals surface area contributed by atoms with Gasteiger partial charge in [-0.15, -0.1) is 0 Å². The summed E-state index contributed by atoms with van der Waals surface area (Å²) in [6, 6.07) is -1.67. The molecule has 0 radical (unpaired) electrons. The number of methoxy groups -OCH3 is 1. The maximum atomic E-state index is 12.5. The molecule has 0 aliphatic carbocycles. The number of nitrogens with two attached hydrogens (primary N) is 1. The summed E-state index contributed by atoms with van der Waals surface area (Å²) < 4.78 is 41.7. The van der Waals surface area contributed by atoms with Crippen molar-refractivity contribution < 1.29 is 37.4 Å². The number of halogens is 3. The number of esters is 1. The smallest absolute Gasteiger partial charge is 0.415 e. The van der Waals surface area contributed by atoms with Gasteiger partial charge >= 0.3 is 18.1 Å². The second kappa shape index (κ2) is 6.55. The van der Waals surface area contributed by atoms with Gasteiger partial charge in [-0.3, -0.25) is 9.59 Å². The number of carboxylic acid groups (broad SMARTS) is 1. The molecule has 0 rings (SSSR count). The molecule has 0 aromatic carbocycles. The summed E-state index contributed by atoms with van der Waals surface area (Å²) in [5, 5.41) is 10.4. The van der Waals surface area contributed by atoms with Gasteiger partial charge in [-0.1, -0.05) is 0 Å². The highest BCUT2D eigenvalue weighted by atomic mass is 19.4. The lowest BCUT2D eigenvalue weighted by Gasteiger charge is -2.27. The van der Waals surface area contributed by atoms with E-state index < -0.39 is 42.0 Å². The maximum absolute atomic E-state index is 12.5. The first-order valence-electron chi connectivity index (χ1n) is 5.39. The molecular weight excluding hydrogens is 285 g/mol. The predicted octanol–water partition coefficient (Wildman–Crippen LogP) is -0.211. The zero-order valence-electron chi connectivity index (χ0n) is 10.8. The quantitative estimate of drug-likeness (QED) is 0.584. The molecule has 20 heavy (non-hydrogen) atoms. The van der Waals surface area contributed by atoms with Crippen molar-refractivity contribution in [1.29, 1.82) is 0 Å². The Morgan fingerprint density at radius 2 is 1.85 bits per heavy atom. The number of rotatable bonds is 6. The number of amides is 1. The molecule has 4 N–H and O–H groups in total. The van der Waals surface area contributed by atoms with Gasteiger partial charge in [0.1, 0.15) is 6.04 Å². The Bertz CT molecular complexity index is 395. The Hall–Kier alpha value is -1.84. The second-order valence-electron chi connectivity index (χ2n) is 4.18. The fourth-order valence-corrected chi connectivity index (χ4v) is 1.06. The van der Waals surface area contributed by atoms with Gasteiger partial charge in [0.15, 0.2) is 5.54 Å². The van der Waals surface area contributed by atoms with Crippen LogP contribution in [0.3, 0.4) is 0 Å².